The van der Waals surface area contributed by atoms with Crippen molar-refractivity contribution in [2.24, 2.45) is 0 Å². The van der Waals surface area contributed by atoms with E-state index in [-0.39, 0.29) is 13.2 Å². The fourth-order valence-electron chi connectivity index (χ4n) is 3.10. The normalized spacial score (nSPS) is 15.9. The number of aryl methyl sites for hydroxylation is 1. The Labute approximate surface area is 151 Å². The van der Waals surface area contributed by atoms with Crippen LogP contribution in [0.15, 0.2) is 30.3 Å². The highest BCUT2D eigenvalue weighted by Gasteiger charge is 2.20. The standard InChI is InChI=1S/C18H23N3O5/c22-11-16(23)15-8-14-10-20(6-3-7-21(14)19-15)9-13-4-1-2-5-17(13)26-12-18(24)25/h1-2,4-5,8,16,22-23H,3,6-7,9-12H2,(H,24,25). The summed E-state index contributed by atoms with van der Waals surface area (Å²) in [5.41, 5.74) is 2.39. The SMILES string of the molecule is O=C(O)COc1ccccc1CN1CCCn2nc(C(O)CO)cc2C1. The van der Waals surface area contributed by atoms with Crippen molar-refractivity contribution in [3.63, 3.8) is 0 Å². The summed E-state index contributed by atoms with van der Waals surface area (Å²) in [7, 11) is 0. The van der Waals surface area contributed by atoms with Crippen LogP contribution in [0.5, 0.6) is 5.75 Å². The van der Waals surface area contributed by atoms with E-state index >= 15 is 0 Å². The highest BCUT2D eigenvalue weighted by Crippen LogP contribution is 2.23. The maximum absolute atomic E-state index is 10.8. The Hall–Kier alpha value is -2.42. The first-order valence-electron chi connectivity index (χ1n) is 8.57. The van der Waals surface area contributed by atoms with Crippen LogP contribution in [-0.4, -0.2) is 55.7 Å². The van der Waals surface area contributed by atoms with Gasteiger partial charge in [-0.1, -0.05) is 18.2 Å². The van der Waals surface area contributed by atoms with Crippen LogP contribution in [0.25, 0.3) is 0 Å². The third-order valence-electron chi connectivity index (χ3n) is 4.34. The Morgan fingerprint density at radius 2 is 2.12 bits per heavy atom. The first-order valence-corrected chi connectivity index (χ1v) is 8.57. The number of hydrogen-bond acceptors (Lipinski definition) is 6. The minimum absolute atomic E-state index is 0.353. The number of rotatable bonds is 7. The van der Waals surface area contributed by atoms with Crippen molar-refractivity contribution in [1.82, 2.24) is 14.7 Å². The van der Waals surface area contributed by atoms with Crippen LogP contribution in [0.4, 0.5) is 0 Å². The molecule has 0 amide bonds. The van der Waals surface area contributed by atoms with Gasteiger partial charge >= 0.3 is 5.97 Å². The van der Waals surface area contributed by atoms with E-state index in [1.807, 2.05) is 28.9 Å². The van der Waals surface area contributed by atoms with Gasteiger partial charge < -0.3 is 20.1 Å². The topological polar surface area (TPSA) is 108 Å². The van der Waals surface area contributed by atoms with E-state index in [1.165, 1.54) is 0 Å². The molecule has 0 saturated heterocycles. The Bertz CT molecular complexity index is 761. The number of aliphatic hydroxyl groups is 2. The summed E-state index contributed by atoms with van der Waals surface area (Å²) in [4.78, 5) is 13.0. The molecule has 2 aromatic rings. The molecule has 3 rings (SSSR count). The molecule has 0 radical (unpaired) electrons. The number of fused-ring (bicyclic) bond motifs is 1. The lowest BCUT2D eigenvalue weighted by Crippen LogP contribution is -2.23. The van der Waals surface area contributed by atoms with Gasteiger partial charge in [-0.05, 0) is 18.6 Å². The zero-order valence-electron chi connectivity index (χ0n) is 14.4. The number of aromatic nitrogens is 2. The fourth-order valence-corrected chi connectivity index (χ4v) is 3.10. The highest BCUT2D eigenvalue weighted by molar-refractivity contribution is 5.68. The Balaban J connectivity index is 1.73. The minimum Gasteiger partial charge on any atom is -0.482 e. The van der Waals surface area contributed by atoms with Gasteiger partial charge in [-0.25, -0.2) is 4.79 Å². The average Bonchev–Trinajstić information content (AvgIpc) is 2.93. The summed E-state index contributed by atoms with van der Waals surface area (Å²) in [6, 6.07) is 9.25. The molecule has 0 fully saturated rings. The second kappa shape index (κ2) is 8.31. The van der Waals surface area contributed by atoms with E-state index in [0.717, 1.165) is 30.8 Å². The zero-order valence-corrected chi connectivity index (χ0v) is 14.4. The van der Waals surface area contributed by atoms with Crippen molar-refractivity contribution in [3.8, 4) is 5.75 Å². The molecule has 8 nitrogen and oxygen atoms in total. The molecule has 1 aromatic heterocycles. The largest absolute Gasteiger partial charge is 0.482 e. The van der Waals surface area contributed by atoms with Crippen molar-refractivity contribution in [2.75, 3.05) is 19.8 Å². The van der Waals surface area contributed by atoms with Gasteiger partial charge in [0.05, 0.1) is 18.0 Å². The maximum atomic E-state index is 10.8. The Morgan fingerprint density at radius 1 is 1.31 bits per heavy atom. The zero-order chi connectivity index (χ0) is 18.5. The van der Waals surface area contributed by atoms with Crippen LogP contribution < -0.4 is 4.74 Å². The summed E-state index contributed by atoms with van der Waals surface area (Å²) in [5.74, 6) is -0.433. The minimum atomic E-state index is -1.01. The van der Waals surface area contributed by atoms with Crippen LogP contribution >= 0.6 is 0 Å². The Morgan fingerprint density at radius 3 is 2.88 bits per heavy atom. The number of hydrogen-bond donors (Lipinski definition) is 3. The number of carboxylic acids is 1. The lowest BCUT2D eigenvalue weighted by atomic mass is 10.1. The third-order valence-corrected chi connectivity index (χ3v) is 4.34. The molecule has 1 atom stereocenters. The van der Waals surface area contributed by atoms with Crippen LogP contribution in [0.2, 0.25) is 0 Å². The summed E-state index contributed by atoms with van der Waals surface area (Å²) in [5, 5.41) is 32.1. The van der Waals surface area contributed by atoms with Crippen LogP contribution in [-0.2, 0) is 24.4 Å². The molecule has 1 aliphatic rings. The van der Waals surface area contributed by atoms with Crippen molar-refractivity contribution in [3.05, 3.63) is 47.3 Å². The highest BCUT2D eigenvalue weighted by atomic mass is 16.5. The van der Waals surface area contributed by atoms with E-state index in [4.69, 9.17) is 14.9 Å². The van der Waals surface area contributed by atoms with Crippen LogP contribution in [0, 0.1) is 0 Å². The van der Waals surface area contributed by atoms with Crippen molar-refractivity contribution < 1.29 is 24.9 Å². The van der Waals surface area contributed by atoms with Crippen molar-refractivity contribution in [1.29, 1.82) is 0 Å². The molecule has 8 heteroatoms. The molecule has 0 bridgehead atoms. The summed E-state index contributed by atoms with van der Waals surface area (Å²) < 4.78 is 7.26. The van der Waals surface area contributed by atoms with Crippen LogP contribution in [0.1, 0.15) is 29.5 Å². The van der Waals surface area contributed by atoms with E-state index < -0.39 is 12.1 Å². The van der Waals surface area contributed by atoms with Gasteiger partial charge in [0.1, 0.15) is 11.9 Å². The van der Waals surface area contributed by atoms with Crippen LogP contribution in [0.3, 0.4) is 0 Å². The molecular formula is C18H23N3O5. The summed E-state index contributed by atoms with van der Waals surface area (Å²) in [6.45, 7) is 2.17. The second-order valence-corrected chi connectivity index (χ2v) is 6.34. The van der Waals surface area contributed by atoms with Gasteiger partial charge in [0.25, 0.3) is 0 Å². The van der Waals surface area contributed by atoms with E-state index in [9.17, 15) is 9.90 Å². The van der Waals surface area contributed by atoms with Gasteiger partial charge in [0, 0.05) is 31.7 Å². The van der Waals surface area contributed by atoms with E-state index in [0.29, 0.717) is 24.5 Å². The summed E-state index contributed by atoms with van der Waals surface area (Å²) in [6.07, 6.45) is -0.0605. The average molecular weight is 361 g/mol. The van der Waals surface area contributed by atoms with Gasteiger partial charge in [-0.3, -0.25) is 9.58 Å². The van der Waals surface area contributed by atoms with Gasteiger partial charge in [-0.15, -0.1) is 0 Å². The number of aliphatic hydroxyl groups excluding tert-OH is 2. The number of carbonyl (C=O) groups is 1. The molecule has 0 aliphatic carbocycles. The van der Waals surface area contributed by atoms with Gasteiger partial charge in [0.15, 0.2) is 6.61 Å². The number of ether oxygens (including phenoxy) is 1. The van der Waals surface area contributed by atoms with Gasteiger partial charge in [0.2, 0.25) is 0 Å². The van der Waals surface area contributed by atoms with E-state index in [2.05, 4.69) is 10.00 Å². The number of aliphatic carboxylic acids is 1. The molecular weight excluding hydrogens is 338 g/mol. The number of nitrogens with zero attached hydrogens (tertiary/aromatic N) is 3. The first-order chi connectivity index (χ1) is 12.6. The number of para-hydroxylation sites is 1. The lowest BCUT2D eigenvalue weighted by Gasteiger charge is -2.21. The molecule has 3 N–H and O–H groups in total. The molecule has 1 unspecified atom stereocenters. The monoisotopic (exact) mass is 361 g/mol. The van der Waals surface area contributed by atoms with Crippen molar-refractivity contribution >= 4 is 5.97 Å². The summed E-state index contributed by atoms with van der Waals surface area (Å²) >= 11 is 0. The molecule has 0 saturated carbocycles. The van der Waals surface area contributed by atoms with Crippen molar-refractivity contribution in [2.45, 2.75) is 32.2 Å². The maximum Gasteiger partial charge on any atom is 0.341 e. The molecule has 1 aliphatic heterocycles. The van der Waals surface area contributed by atoms with Gasteiger partial charge in [-0.2, -0.15) is 5.10 Å². The molecule has 2 heterocycles. The first kappa shape index (κ1) is 18.4. The van der Waals surface area contributed by atoms with E-state index in [1.54, 1.807) is 6.07 Å². The molecule has 1 aromatic carbocycles. The predicted molar refractivity (Wildman–Crippen MR) is 92.6 cm³/mol. The molecule has 140 valence electrons. The lowest BCUT2D eigenvalue weighted by molar-refractivity contribution is -0.139. The molecule has 26 heavy (non-hydrogen) atoms. The Kier molecular flexibility index (Phi) is 5.87. The fraction of sp³-hybridized carbons (Fsp3) is 0.444. The predicted octanol–water partition coefficient (Wildman–Crippen LogP) is 0.778. The second-order valence-electron chi connectivity index (χ2n) is 6.34. The third kappa shape index (κ3) is 4.40. The molecule has 0 spiro atoms. The number of carboxylic acid groups (broad SMARTS) is 1. The smallest absolute Gasteiger partial charge is 0.341 e. The quantitative estimate of drug-likeness (QED) is 0.669. The number of benzene rings is 1.